The largest absolute Gasteiger partial charge is 0.299 e. The van der Waals surface area contributed by atoms with Crippen molar-refractivity contribution in [3.8, 4) is 0 Å². The summed E-state index contributed by atoms with van der Waals surface area (Å²) in [5, 5.41) is 0. The zero-order chi connectivity index (χ0) is 13.8. The highest BCUT2D eigenvalue weighted by Crippen LogP contribution is 2.17. The van der Waals surface area contributed by atoms with E-state index in [2.05, 4.69) is 15.9 Å². The molecule has 0 saturated heterocycles. The molecule has 0 atom stereocenters. The molecule has 0 unspecified atom stereocenters. The van der Waals surface area contributed by atoms with Gasteiger partial charge in [-0.25, -0.2) is 8.78 Å². The van der Waals surface area contributed by atoms with E-state index in [0.717, 1.165) is 0 Å². The van der Waals surface area contributed by atoms with Crippen molar-refractivity contribution in [3.63, 3.8) is 0 Å². The van der Waals surface area contributed by atoms with Gasteiger partial charge in [0, 0.05) is 17.3 Å². The maximum atomic E-state index is 13.6. The van der Waals surface area contributed by atoms with Crippen LogP contribution in [0.4, 0.5) is 8.78 Å². The van der Waals surface area contributed by atoms with Gasteiger partial charge >= 0.3 is 0 Å². The average Bonchev–Trinajstić information content (AvgIpc) is 2.36. The fraction of sp³-hybridized carbons (Fsp3) is 0.133. The second kappa shape index (κ2) is 6.06. The van der Waals surface area contributed by atoms with E-state index in [4.69, 9.17) is 0 Å². The molecule has 0 bridgehead atoms. The molecule has 0 aliphatic carbocycles. The van der Waals surface area contributed by atoms with Gasteiger partial charge in [0.15, 0.2) is 0 Å². The molecular weight excluding hydrogens is 314 g/mol. The summed E-state index contributed by atoms with van der Waals surface area (Å²) in [6, 6.07) is 10.6. The normalized spacial score (nSPS) is 10.5. The van der Waals surface area contributed by atoms with E-state index in [1.807, 2.05) is 0 Å². The number of hydrogen-bond acceptors (Lipinski definition) is 1. The molecule has 2 aromatic carbocycles. The summed E-state index contributed by atoms with van der Waals surface area (Å²) >= 11 is 3.15. The quantitative estimate of drug-likeness (QED) is 0.828. The highest BCUT2D eigenvalue weighted by Gasteiger charge is 2.11. The number of ketones is 1. The highest BCUT2D eigenvalue weighted by molar-refractivity contribution is 9.10. The van der Waals surface area contributed by atoms with Gasteiger partial charge in [0.05, 0.1) is 0 Å². The van der Waals surface area contributed by atoms with Crippen LogP contribution in [0.25, 0.3) is 0 Å². The molecule has 0 fully saturated rings. The lowest BCUT2D eigenvalue weighted by Crippen LogP contribution is -2.09. The first-order chi connectivity index (χ1) is 9.06. The molecule has 0 amide bonds. The molecule has 0 saturated carbocycles. The molecule has 98 valence electrons. The fourth-order valence-corrected chi connectivity index (χ4v) is 2.13. The predicted octanol–water partition coefficient (Wildman–Crippen LogP) is 4.08. The molecule has 2 aromatic rings. The number of rotatable bonds is 4. The van der Waals surface area contributed by atoms with Crippen molar-refractivity contribution in [2.75, 3.05) is 0 Å². The first-order valence-corrected chi connectivity index (χ1v) is 6.54. The number of benzene rings is 2. The molecule has 0 aromatic heterocycles. The van der Waals surface area contributed by atoms with Gasteiger partial charge in [-0.2, -0.15) is 0 Å². The van der Waals surface area contributed by atoms with Crippen LogP contribution in [-0.2, 0) is 17.6 Å². The lowest BCUT2D eigenvalue weighted by Gasteiger charge is -2.04. The van der Waals surface area contributed by atoms with Crippen LogP contribution in [0, 0.1) is 11.6 Å². The Morgan fingerprint density at radius 2 is 1.58 bits per heavy atom. The SMILES string of the molecule is O=C(Cc1ccccc1F)Cc1ccc(Br)cc1F. The Balaban J connectivity index is 2.08. The minimum absolute atomic E-state index is 0.0256. The van der Waals surface area contributed by atoms with Gasteiger partial charge in [-0.15, -0.1) is 0 Å². The summed E-state index contributed by atoms with van der Waals surface area (Å²) in [6.07, 6.45) is -0.0599. The molecule has 0 aliphatic rings. The van der Waals surface area contributed by atoms with Crippen molar-refractivity contribution in [1.82, 2.24) is 0 Å². The first kappa shape index (κ1) is 13.9. The van der Waals surface area contributed by atoms with Crippen LogP contribution in [0.15, 0.2) is 46.9 Å². The standard InChI is InChI=1S/C15H11BrF2O/c16-12-6-5-11(15(18)9-12)8-13(19)7-10-3-1-2-4-14(10)17/h1-6,9H,7-8H2. The summed E-state index contributed by atoms with van der Waals surface area (Å²) in [5.74, 6) is -1.06. The minimum Gasteiger partial charge on any atom is -0.299 e. The van der Waals surface area contributed by atoms with Crippen molar-refractivity contribution in [2.24, 2.45) is 0 Å². The Morgan fingerprint density at radius 3 is 2.21 bits per heavy atom. The number of carbonyl (C=O) groups excluding carboxylic acids is 1. The molecule has 0 heterocycles. The number of hydrogen-bond donors (Lipinski definition) is 0. The van der Waals surface area contributed by atoms with E-state index >= 15 is 0 Å². The van der Waals surface area contributed by atoms with Gasteiger partial charge in [-0.1, -0.05) is 40.2 Å². The van der Waals surface area contributed by atoms with Crippen molar-refractivity contribution in [3.05, 3.63) is 69.7 Å². The molecule has 4 heteroatoms. The Kier molecular flexibility index (Phi) is 4.43. The van der Waals surface area contributed by atoms with E-state index in [0.29, 0.717) is 15.6 Å². The molecule has 2 rings (SSSR count). The van der Waals surface area contributed by atoms with Crippen molar-refractivity contribution < 1.29 is 13.6 Å². The van der Waals surface area contributed by atoms with Crippen LogP contribution >= 0.6 is 15.9 Å². The fourth-order valence-electron chi connectivity index (χ4n) is 1.79. The van der Waals surface area contributed by atoms with E-state index < -0.39 is 11.6 Å². The lowest BCUT2D eigenvalue weighted by atomic mass is 10.0. The molecule has 0 N–H and O–H groups in total. The minimum atomic E-state index is -0.434. The van der Waals surface area contributed by atoms with Gasteiger partial charge in [-0.05, 0) is 29.3 Å². The van der Waals surface area contributed by atoms with Crippen LogP contribution in [0.3, 0.4) is 0 Å². The zero-order valence-electron chi connectivity index (χ0n) is 10.00. The van der Waals surface area contributed by atoms with Gasteiger partial charge in [0.1, 0.15) is 17.4 Å². The molecule has 0 aliphatic heterocycles. The van der Waals surface area contributed by atoms with Crippen molar-refractivity contribution in [2.45, 2.75) is 12.8 Å². The van der Waals surface area contributed by atoms with Crippen molar-refractivity contribution in [1.29, 1.82) is 0 Å². The average molecular weight is 325 g/mol. The van der Waals surface area contributed by atoms with E-state index in [-0.39, 0.29) is 18.6 Å². The van der Waals surface area contributed by atoms with Crippen LogP contribution in [0.2, 0.25) is 0 Å². The second-order valence-corrected chi connectivity index (χ2v) is 5.14. The second-order valence-electron chi connectivity index (χ2n) is 4.22. The Morgan fingerprint density at radius 1 is 0.947 bits per heavy atom. The molecular formula is C15H11BrF2O. The Hall–Kier alpha value is -1.55. The highest BCUT2D eigenvalue weighted by atomic mass is 79.9. The predicted molar refractivity (Wildman–Crippen MR) is 72.9 cm³/mol. The summed E-state index contributed by atoms with van der Waals surface area (Å²) < 4.78 is 27.6. The Labute approximate surface area is 118 Å². The third-order valence-corrected chi connectivity index (χ3v) is 3.24. The summed E-state index contributed by atoms with van der Waals surface area (Å²) in [5.41, 5.74) is 0.662. The number of carbonyl (C=O) groups is 1. The van der Waals surface area contributed by atoms with Gasteiger partial charge in [0.25, 0.3) is 0 Å². The maximum absolute atomic E-state index is 13.6. The summed E-state index contributed by atoms with van der Waals surface area (Å²) in [7, 11) is 0. The van der Waals surface area contributed by atoms with E-state index in [1.54, 1.807) is 30.3 Å². The smallest absolute Gasteiger partial charge is 0.141 e. The molecule has 0 radical (unpaired) electrons. The number of Topliss-reactive ketones (excluding diaryl/α,β-unsaturated/α-hetero) is 1. The summed E-state index contributed by atoms with van der Waals surface area (Å²) in [6.45, 7) is 0. The molecule has 19 heavy (non-hydrogen) atoms. The zero-order valence-corrected chi connectivity index (χ0v) is 11.6. The summed E-state index contributed by atoms with van der Waals surface area (Å²) in [4.78, 5) is 11.8. The maximum Gasteiger partial charge on any atom is 0.141 e. The first-order valence-electron chi connectivity index (χ1n) is 5.75. The topological polar surface area (TPSA) is 17.1 Å². The molecule has 1 nitrogen and oxygen atoms in total. The lowest BCUT2D eigenvalue weighted by molar-refractivity contribution is -0.117. The van der Waals surface area contributed by atoms with Gasteiger partial charge < -0.3 is 0 Å². The third-order valence-electron chi connectivity index (χ3n) is 2.75. The van der Waals surface area contributed by atoms with E-state index in [9.17, 15) is 13.6 Å². The van der Waals surface area contributed by atoms with Gasteiger partial charge in [0.2, 0.25) is 0 Å². The van der Waals surface area contributed by atoms with Crippen LogP contribution in [0.5, 0.6) is 0 Å². The van der Waals surface area contributed by atoms with Crippen LogP contribution in [-0.4, -0.2) is 5.78 Å². The van der Waals surface area contributed by atoms with E-state index in [1.165, 1.54) is 12.1 Å². The van der Waals surface area contributed by atoms with Gasteiger partial charge in [-0.3, -0.25) is 4.79 Å². The van der Waals surface area contributed by atoms with Crippen LogP contribution < -0.4 is 0 Å². The van der Waals surface area contributed by atoms with Crippen molar-refractivity contribution >= 4 is 21.7 Å². The third kappa shape index (κ3) is 3.70. The molecule has 0 spiro atoms. The Bertz CT molecular complexity index is 611. The number of halogens is 3. The monoisotopic (exact) mass is 324 g/mol. The van der Waals surface area contributed by atoms with Crippen LogP contribution in [0.1, 0.15) is 11.1 Å².